The van der Waals surface area contributed by atoms with Crippen molar-refractivity contribution in [2.45, 2.75) is 4.90 Å². The minimum atomic E-state index is -1.17. The molecule has 21 heavy (non-hydrogen) atoms. The highest BCUT2D eigenvalue weighted by molar-refractivity contribution is 7.98. The number of pyridine rings is 1. The summed E-state index contributed by atoms with van der Waals surface area (Å²) >= 11 is 1.52. The van der Waals surface area contributed by atoms with Gasteiger partial charge in [-0.15, -0.1) is 24.2 Å². The number of ether oxygens (including phenoxy) is 1. The summed E-state index contributed by atoms with van der Waals surface area (Å²) in [4.78, 5) is 15.3. The summed E-state index contributed by atoms with van der Waals surface area (Å²) in [6.45, 7) is 0. The van der Waals surface area contributed by atoms with Gasteiger partial charge in [-0.2, -0.15) is 0 Å². The number of thioether (sulfide) groups is 1. The van der Waals surface area contributed by atoms with E-state index in [2.05, 4.69) is 10.3 Å². The van der Waals surface area contributed by atoms with Crippen LogP contribution in [0.1, 0.15) is 0 Å². The molecule has 0 bridgehead atoms. The molecule has 0 fully saturated rings. The van der Waals surface area contributed by atoms with Gasteiger partial charge >= 0.3 is 6.09 Å². The van der Waals surface area contributed by atoms with E-state index >= 15 is 0 Å². The topological polar surface area (TPSA) is 97.5 Å². The number of rotatable bonds is 4. The summed E-state index contributed by atoms with van der Waals surface area (Å²) in [6, 6.07) is 8.48. The average molecular weight is 328 g/mol. The molecule has 112 valence electrons. The Bertz CT molecular complexity index is 640. The zero-order chi connectivity index (χ0) is 14.5. The van der Waals surface area contributed by atoms with E-state index in [9.17, 15) is 4.79 Å². The lowest BCUT2D eigenvalue weighted by molar-refractivity contribution is 0.209. The second-order valence-electron chi connectivity index (χ2n) is 3.81. The van der Waals surface area contributed by atoms with Crippen molar-refractivity contribution in [2.24, 2.45) is 0 Å². The molecule has 0 radical (unpaired) electrons. The predicted octanol–water partition coefficient (Wildman–Crippen LogP) is 3.69. The Morgan fingerprint density at radius 3 is 2.71 bits per heavy atom. The van der Waals surface area contributed by atoms with E-state index in [0.717, 1.165) is 4.90 Å². The Labute approximate surface area is 132 Å². The van der Waals surface area contributed by atoms with Crippen LogP contribution in [0.5, 0.6) is 11.5 Å². The summed E-state index contributed by atoms with van der Waals surface area (Å²) in [5, 5.41) is 10.8. The number of anilines is 2. The van der Waals surface area contributed by atoms with Gasteiger partial charge in [-0.1, -0.05) is 0 Å². The van der Waals surface area contributed by atoms with Gasteiger partial charge < -0.3 is 15.6 Å². The number of aromatic nitrogens is 1. The van der Waals surface area contributed by atoms with Crippen LogP contribution in [-0.2, 0) is 0 Å². The maximum atomic E-state index is 10.6. The standard InChI is InChI=1S/C13H13N3O3S.ClH/c1-20-11-6-8(2-3-10(11)14)19-9-4-5-15-12(7-9)16-13(17)18;/h2-7H,14H2,1H3,(H,15,16)(H,17,18);1H. The molecule has 0 spiro atoms. The van der Waals surface area contributed by atoms with Crippen molar-refractivity contribution in [3.05, 3.63) is 36.5 Å². The SMILES string of the molecule is CSc1cc(Oc2ccnc(NC(=O)O)c2)ccc1N.Cl. The van der Waals surface area contributed by atoms with E-state index in [-0.39, 0.29) is 18.2 Å². The molecule has 0 unspecified atom stereocenters. The van der Waals surface area contributed by atoms with E-state index in [1.165, 1.54) is 24.0 Å². The first-order valence-corrected chi connectivity index (χ1v) is 6.88. The van der Waals surface area contributed by atoms with Crippen molar-refractivity contribution in [3.8, 4) is 11.5 Å². The van der Waals surface area contributed by atoms with Gasteiger partial charge in [0.2, 0.25) is 0 Å². The van der Waals surface area contributed by atoms with Crippen molar-refractivity contribution < 1.29 is 14.6 Å². The molecule has 0 atom stereocenters. The van der Waals surface area contributed by atoms with E-state index in [0.29, 0.717) is 17.2 Å². The fourth-order valence-corrected chi connectivity index (χ4v) is 2.08. The summed E-state index contributed by atoms with van der Waals surface area (Å²) in [5.41, 5.74) is 6.50. The number of amides is 1. The van der Waals surface area contributed by atoms with Crippen LogP contribution in [0.2, 0.25) is 0 Å². The van der Waals surface area contributed by atoms with E-state index in [1.807, 2.05) is 12.3 Å². The first kappa shape index (κ1) is 16.9. The minimum Gasteiger partial charge on any atom is -0.465 e. The second kappa shape index (κ2) is 7.61. The highest BCUT2D eigenvalue weighted by Gasteiger charge is 2.05. The number of carbonyl (C=O) groups is 1. The number of benzene rings is 1. The van der Waals surface area contributed by atoms with Crippen LogP contribution in [0, 0.1) is 0 Å². The number of nitrogens with one attached hydrogen (secondary N) is 1. The number of carboxylic acid groups (broad SMARTS) is 1. The lowest BCUT2D eigenvalue weighted by Gasteiger charge is -2.09. The molecule has 0 aliphatic heterocycles. The Kier molecular flexibility index (Phi) is 6.13. The van der Waals surface area contributed by atoms with Crippen molar-refractivity contribution >= 4 is 41.8 Å². The normalized spacial score (nSPS) is 9.57. The molecule has 2 rings (SSSR count). The Morgan fingerprint density at radius 1 is 1.33 bits per heavy atom. The third-order valence-electron chi connectivity index (χ3n) is 2.41. The molecule has 1 heterocycles. The van der Waals surface area contributed by atoms with Crippen LogP contribution in [0.25, 0.3) is 0 Å². The van der Waals surface area contributed by atoms with Crippen molar-refractivity contribution in [1.29, 1.82) is 0 Å². The molecular formula is C13H14ClN3O3S. The lowest BCUT2D eigenvalue weighted by Crippen LogP contribution is -2.08. The summed E-state index contributed by atoms with van der Waals surface area (Å²) in [5.74, 6) is 1.31. The third kappa shape index (κ3) is 4.73. The molecular weight excluding hydrogens is 314 g/mol. The Balaban J connectivity index is 0.00000220. The van der Waals surface area contributed by atoms with Gasteiger partial charge in [-0.25, -0.2) is 9.78 Å². The molecule has 2 aromatic rings. The maximum absolute atomic E-state index is 10.6. The van der Waals surface area contributed by atoms with Crippen molar-refractivity contribution in [3.63, 3.8) is 0 Å². The highest BCUT2D eigenvalue weighted by Crippen LogP contribution is 2.30. The van der Waals surface area contributed by atoms with Crippen molar-refractivity contribution in [1.82, 2.24) is 4.98 Å². The summed E-state index contributed by atoms with van der Waals surface area (Å²) in [7, 11) is 0. The second-order valence-corrected chi connectivity index (χ2v) is 4.66. The summed E-state index contributed by atoms with van der Waals surface area (Å²) in [6.07, 6.45) is 2.22. The Morgan fingerprint density at radius 2 is 2.05 bits per heavy atom. The van der Waals surface area contributed by atoms with Gasteiger partial charge in [0.25, 0.3) is 0 Å². The molecule has 0 aliphatic rings. The fourth-order valence-electron chi connectivity index (χ4n) is 1.54. The van der Waals surface area contributed by atoms with Crippen LogP contribution >= 0.6 is 24.2 Å². The number of nitrogens with two attached hydrogens (primary N) is 1. The fraction of sp³-hybridized carbons (Fsp3) is 0.0769. The lowest BCUT2D eigenvalue weighted by atomic mass is 10.3. The first-order chi connectivity index (χ1) is 9.58. The van der Waals surface area contributed by atoms with Crippen LogP contribution in [0.15, 0.2) is 41.4 Å². The van der Waals surface area contributed by atoms with Gasteiger partial charge in [0.15, 0.2) is 0 Å². The quantitative estimate of drug-likeness (QED) is 0.585. The maximum Gasteiger partial charge on any atom is 0.410 e. The number of hydrogen-bond acceptors (Lipinski definition) is 5. The largest absolute Gasteiger partial charge is 0.465 e. The number of nitrogens with zero attached hydrogens (tertiary/aromatic N) is 1. The molecule has 0 saturated carbocycles. The molecule has 1 amide bonds. The van der Waals surface area contributed by atoms with Crippen LogP contribution in [0.4, 0.5) is 16.3 Å². The highest BCUT2D eigenvalue weighted by atomic mass is 35.5. The number of halogens is 1. The molecule has 0 aliphatic carbocycles. The predicted molar refractivity (Wildman–Crippen MR) is 85.8 cm³/mol. The van der Waals surface area contributed by atoms with Gasteiger partial charge in [-0.05, 0) is 30.5 Å². The van der Waals surface area contributed by atoms with Gasteiger partial charge in [0.1, 0.15) is 17.3 Å². The summed E-state index contributed by atoms with van der Waals surface area (Å²) < 4.78 is 5.66. The number of nitrogen functional groups attached to an aromatic ring is 1. The van der Waals surface area contributed by atoms with E-state index in [4.69, 9.17) is 15.6 Å². The minimum absolute atomic E-state index is 0. The number of hydrogen-bond donors (Lipinski definition) is 3. The monoisotopic (exact) mass is 327 g/mol. The molecule has 0 saturated heterocycles. The molecule has 1 aromatic heterocycles. The van der Waals surface area contributed by atoms with E-state index < -0.39 is 6.09 Å². The molecule has 8 heteroatoms. The van der Waals surface area contributed by atoms with Crippen LogP contribution in [0.3, 0.4) is 0 Å². The van der Waals surface area contributed by atoms with Crippen molar-refractivity contribution in [2.75, 3.05) is 17.3 Å². The Hall–Kier alpha value is -2.12. The van der Waals surface area contributed by atoms with Gasteiger partial charge in [0.05, 0.1) is 0 Å². The van der Waals surface area contributed by atoms with Crippen LogP contribution < -0.4 is 15.8 Å². The third-order valence-corrected chi connectivity index (χ3v) is 3.20. The average Bonchev–Trinajstić information content (AvgIpc) is 2.40. The van der Waals surface area contributed by atoms with E-state index in [1.54, 1.807) is 18.2 Å². The molecule has 4 N–H and O–H groups in total. The zero-order valence-corrected chi connectivity index (χ0v) is 12.7. The first-order valence-electron chi connectivity index (χ1n) is 5.66. The smallest absolute Gasteiger partial charge is 0.410 e. The van der Waals surface area contributed by atoms with Gasteiger partial charge in [-0.3, -0.25) is 5.32 Å². The molecule has 6 nitrogen and oxygen atoms in total. The zero-order valence-electron chi connectivity index (χ0n) is 11.1. The van der Waals surface area contributed by atoms with Gasteiger partial charge in [0, 0.05) is 22.8 Å². The van der Waals surface area contributed by atoms with Crippen LogP contribution in [-0.4, -0.2) is 22.4 Å². The molecule has 1 aromatic carbocycles.